The van der Waals surface area contributed by atoms with Crippen molar-refractivity contribution in [2.75, 3.05) is 17.5 Å². The average Bonchev–Trinajstić information content (AvgIpc) is 2.95. The van der Waals surface area contributed by atoms with Gasteiger partial charge in [-0.15, -0.1) is 0 Å². The molecule has 0 bridgehead atoms. The molecular formula is C31H27ClN2O4S. The third-order valence-electron chi connectivity index (χ3n) is 6.35. The van der Waals surface area contributed by atoms with Gasteiger partial charge in [-0.2, -0.15) is 0 Å². The van der Waals surface area contributed by atoms with Crippen molar-refractivity contribution >= 4 is 38.8 Å². The zero-order chi connectivity index (χ0) is 27.2. The summed E-state index contributed by atoms with van der Waals surface area (Å²) in [6.45, 7) is 0.833. The third-order valence-corrected chi connectivity index (χ3v) is 8.40. The molecule has 0 saturated heterocycles. The number of amides is 1. The molecule has 1 N–H and O–H groups in total. The Morgan fingerprint density at radius 1 is 0.821 bits per heavy atom. The lowest BCUT2D eigenvalue weighted by atomic mass is 9.95. The number of ether oxygens (including phenoxy) is 1. The Bertz CT molecular complexity index is 1590. The van der Waals surface area contributed by atoms with Crippen molar-refractivity contribution in [3.8, 4) is 0 Å². The lowest BCUT2D eigenvalue weighted by molar-refractivity contribution is -0.117. The van der Waals surface area contributed by atoms with Gasteiger partial charge in [-0.3, -0.25) is 9.10 Å². The average molecular weight is 559 g/mol. The van der Waals surface area contributed by atoms with Gasteiger partial charge in [0.15, 0.2) is 4.91 Å². The predicted molar refractivity (Wildman–Crippen MR) is 155 cm³/mol. The molecule has 4 aromatic rings. The van der Waals surface area contributed by atoms with E-state index < -0.39 is 15.9 Å². The molecule has 0 radical (unpaired) electrons. The van der Waals surface area contributed by atoms with Gasteiger partial charge in [-0.1, -0.05) is 103 Å². The molecular weight excluding hydrogens is 532 g/mol. The van der Waals surface area contributed by atoms with Crippen molar-refractivity contribution in [3.63, 3.8) is 0 Å². The normalized spacial score (nSPS) is 14.1. The molecule has 0 atom stereocenters. The minimum Gasteiger partial charge on any atom is -0.375 e. The van der Waals surface area contributed by atoms with Gasteiger partial charge in [0, 0.05) is 22.7 Å². The van der Waals surface area contributed by atoms with E-state index in [1.54, 1.807) is 30.3 Å². The van der Waals surface area contributed by atoms with E-state index in [0.29, 0.717) is 34.0 Å². The van der Waals surface area contributed by atoms with E-state index in [0.717, 1.165) is 11.1 Å². The van der Waals surface area contributed by atoms with Gasteiger partial charge in [0.1, 0.15) is 0 Å². The molecule has 0 unspecified atom stereocenters. The number of hydrogen-bond acceptors (Lipinski definition) is 4. The highest BCUT2D eigenvalue weighted by Gasteiger charge is 2.41. The Kier molecular flexibility index (Phi) is 8.12. The molecule has 0 aliphatic carbocycles. The number of nitrogens with zero attached hydrogens (tertiary/aromatic N) is 1. The standard InChI is InChI=1S/C31H27ClN2O4S/c32-26-16-17-28-27(20-26)29(25-14-8-3-9-15-25)30(39(36,37)34(28)21-23-10-4-1-5-11-23)31(35)33-18-19-38-22-24-12-6-2-7-13-24/h1-17,20H,18-19,21-22H2,(H,33,35). The summed E-state index contributed by atoms with van der Waals surface area (Å²) >= 11 is 6.40. The topological polar surface area (TPSA) is 75.7 Å². The summed E-state index contributed by atoms with van der Waals surface area (Å²) in [5.74, 6) is -0.694. The molecule has 5 rings (SSSR count). The van der Waals surface area contributed by atoms with Crippen LogP contribution in [0.15, 0.2) is 114 Å². The molecule has 4 aromatic carbocycles. The Labute approximate surface area is 233 Å². The number of fused-ring (bicyclic) bond motifs is 1. The molecule has 1 aliphatic rings. The number of sulfonamides is 1. The number of halogens is 1. The highest BCUT2D eigenvalue weighted by Crippen LogP contribution is 2.44. The molecule has 0 saturated carbocycles. The fraction of sp³-hybridized carbons (Fsp3) is 0.129. The van der Waals surface area contributed by atoms with Crippen LogP contribution in [0, 0.1) is 0 Å². The highest BCUT2D eigenvalue weighted by atomic mass is 35.5. The summed E-state index contributed by atoms with van der Waals surface area (Å²) in [6.07, 6.45) is 0. The Morgan fingerprint density at radius 2 is 1.44 bits per heavy atom. The molecule has 39 heavy (non-hydrogen) atoms. The summed E-state index contributed by atoms with van der Waals surface area (Å²) in [5, 5.41) is 3.20. The van der Waals surface area contributed by atoms with Gasteiger partial charge < -0.3 is 10.1 Å². The van der Waals surface area contributed by atoms with Crippen LogP contribution in [0.2, 0.25) is 5.02 Å². The molecule has 198 valence electrons. The number of nitrogens with one attached hydrogen (secondary N) is 1. The molecule has 1 aliphatic heterocycles. The fourth-order valence-electron chi connectivity index (χ4n) is 4.54. The van der Waals surface area contributed by atoms with Crippen molar-refractivity contribution < 1.29 is 17.9 Å². The molecule has 6 nitrogen and oxygen atoms in total. The van der Waals surface area contributed by atoms with Crippen molar-refractivity contribution in [1.29, 1.82) is 0 Å². The van der Waals surface area contributed by atoms with Crippen molar-refractivity contribution in [2.45, 2.75) is 13.2 Å². The lowest BCUT2D eigenvalue weighted by Crippen LogP contribution is -2.41. The van der Waals surface area contributed by atoms with E-state index in [1.807, 2.05) is 78.9 Å². The first kappa shape index (κ1) is 26.7. The first-order valence-electron chi connectivity index (χ1n) is 12.5. The van der Waals surface area contributed by atoms with Crippen LogP contribution in [0.4, 0.5) is 5.69 Å². The highest BCUT2D eigenvalue weighted by molar-refractivity contribution is 7.97. The molecule has 0 spiro atoms. The van der Waals surface area contributed by atoms with Gasteiger partial charge >= 0.3 is 0 Å². The van der Waals surface area contributed by atoms with Crippen LogP contribution < -0.4 is 9.62 Å². The summed E-state index contributed by atoms with van der Waals surface area (Å²) in [4.78, 5) is 13.3. The maximum atomic E-state index is 14.2. The quantitative estimate of drug-likeness (QED) is 0.264. The van der Waals surface area contributed by atoms with E-state index in [1.165, 1.54) is 4.31 Å². The zero-order valence-electron chi connectivity index (χ0n) is 21.1. The smallest absolute Gasteiger partial charge is 0.270 e. The monoisotopic (exact) mass is 558 g/mol. The lowest BCUT2D eigenvalue weighted by Gasteiger charge is -2.33. The van der Waals surface area contributed by atoms with Crippen LogP contribution in [0.3, 0.4) is 0 Å². The molecule has 8 heteroatoms. The van der Waals surface area contributed by atoms with Gasteiger partial charge in [0.25, 0.3) is 15.9 Å². The van der Waals surface area contributed by atoms with Crippen molar-refractivity contribution in [3.05, 3.63) is 141 Å². The maximum absolute atomic E-state index is 14.2. The van der Waals surface area contributed by atoms with E-state index in [9.17, 15) is 13.2 Å². The minimum atomic E-state index is -4.25. The number of rotatable bonds is 9. The number of carbonyl (C=O) groups excluding carboxylic acids is 1. The van der Waals surface area contributed by atoms with Crippen LogP contribution in [0.1, 0.15) is 22.3 Å². The number of carbonyl (C=O) groups is 1. The molecule has 1 heterocycles. The first-order chi connectivity index (χ1) is 18.9. The van der Waals surface area contributed by atoms with Crippen LogP contribution >= 0.6 is 11.6 Å². The Hall–Kier alpha value is -3.91. The second-order valence-electron chi connectivity index (χ2n) is 9.02. The van der Waals surface area contributed by atoms with Crippen molar-refractivity contribution in [2.24, 2.45) is 0 Å². The second kappa shape index (κ2) is 11.9. The van der Waals surface area contributed by atoms with Gasteiger partial charge in [0.2, 0.25) is 0 Å². The fourth-order valence-corrected chi connectivity index (χ4v) is 6.46. The third kappa shape index (κ3) is 5.91. The molecule has 0 fully saturated rings. The summed E-state index contributed by atoms with van der Waals surface area (Å²) in [7, 11) is -4.25. The summed E-state index contributed by atoms with van der Waals surface area (Å²) in [5.41, 5.74) is 3.77. The van der Waals surface area contributed by atoms with Crippen LogP contribution in [-0.2, 0) is 32.7 Å². The number of benzene rings is 4. The van der Waals surface area contributed by atoms with E-state index in [-0.39, 0.29) is 24.6 Å². The van der Waals surface area contributed by atoms with E-state index in [2.05, 4.69) is 5.32 Å². The second-order valence-corrected chi connectivity index (χ2v) is 11.3. The van der Waals surface area contributed by atoms with E-state index >= 15 is 0 Å². The van der Waals surface area contributed by atoms with Crippen LogP contribution in [-0.4, -0.2) is 27.5 Å². The SMILES string of the molecule is O=C(NCCOCc1ccccc1)C1=C(c2ccccc2)c2cc(Cl)ccc2N(Cc2ccccc2)S1(=O)=O. The molecule has 0 aromatic heterocycles. The molecule has 1 amide bonds. The largest absolute Gasteiger partial charge is 0.375 e. The van der Waals surface area contributed by atoms with Gasteiger partial charge in [-0.25, -0.2) is 8.42 Å². The maximum Gasteiger partial charge on any atom is 0.270 e. The Morgan fingerprint density at radius 3 is 2.10 bits per heavy atom. The summed E-state index contributed by atoms with van der Waals surface area (Å²) < 4.78 is 35.4. The van der Waals surface area contributed by atoms with Crippen molar-refractivity contribution in [1.82, 2.24) is 5.32 Å². The minimum absolute atomic E-state index is 0.0663. The predicted octanol–water partition coefficient (Wildman–Crippen LogP) is 5.78. The number of anilines is 1. The zero-order valence-corrected chi connectivity index (χ0v) is 22.7. The van der Waals surface area contributed by atoms with Gasteiger partial charge in [0.05, 0.1) is 25.4 Å². The van der Waals surface area contributed by atoms with E-state index in [4.69, 9.17) is 16.3 Å². The van der Waals surface area contributed by atoms with Gasteiger partial charge in [-0.05, 0) is 34.9 Å². The summed E-state index contributed by atoms with van der Waals surface area (Å²) in [6, 6.07) is 33.1. The van der Waals surface area contributed by atoms with Crippen LogP contribution in [0.5, 0.6) is 0 Å². The number of hydrogen-bond donors (Lipinski definition) is 1. The van der Waals surface area contributed by atoms with Crippen LogP contribution in [0.25, 0.3) is 5.57 Å². The first-order valence-corrected chi connectivity index (χ1v) is 14.3. The Balaban J connectivity index is 1.51.